The van der Waals surface area contributed by atoms with Crippen molar-refractivity contribution in [1.29, 1.82) is 0 Å². The topological polar surface area (TPSA) is 58.0 Å². The molecule has 5 heteroatoms. The van der Waals surface area contributed by atoms with Gasteiger partial charge in [-0.15, -0.1) is 0 Å². The maximum absolute atomic E-state index is 8.61. The van der Waals surface area contributed by atoms with E-state index in [0.717, 1.165) is 0 Å². The molecule has 0 fully saturated rings. The first-order valence-electron chi connectivity index (χ1n) is 8.71. The standard InChI is InChI=1S/C20H27N3OSi/c1-17(22-23-21)15-16-24-25(20(2,3)4,18-11-7-5-8-12-18)19-13-9-6-10-14-19/h5-14,17H,15-16H2,1-4H3. The number of hydrogen-bond acceptors (Lipinski definition) is 2. The van der Waals surface area contributed by atoms with E-state index in [4.69, 9.17) is 9.96 Å². The van der Waals surface area contributed by atoms with Crippen LogP contribution in [-0.4, -0.2) is 21.0 Å². The molecular formula is C20H27N3OSi. The molecule has 1 atom stereocenters. The van der Waals surface area contributed by atoms with Gasteiger partial charge in [-0.2, -0.15) is 0 Å². The molecule has 0 saturated carbocycles. The minimum Gasteiger partial charge on any atom is -0.407 e. The highest BCUT2D eigenvalue weighted by atomic mass is 28.4. The Labute approximate surface area is 151 Å². The first kappa shape index (κ1) is 19.3. The lowest BCUT2D eigenvalue weighted by Crippen LogP contribution is -2.66. The molecule has 2 aromatic carbocycles. The van der Waals surface area contributed by atoms with Crippen molar-refractivity contribution in [2.24, 2.45) is 5.11 Å². The van der Waals surface area contributed by atoms with Crippen LogP contribution in [0.1, 0.15) is 34.1 Å². The van der Waals surface area contributed by atoms with Gasteiger partial charge in [0.25, 0.3) is 8.32 Å². The minimum absolute atomic E-state index is 0.0303. The van der Waals surface area contributed by atoms with Crippen molar-refractivity contribution in [2.75, 3.05) is 6.61 Å². The number of benzene rings is 2. The summed E-state index contributed by atoms with van der Waals surface area (Å²) in [5.74, 6) is 0. The smallest absolute Gasteiger partial charge is 0.261 e. The predicted molar refractivity (Wildman–Crippen MR) is 107 cm³/mol. The summed E-state index contributed by atoms with van der Waals surface area (Å²) >= 11 is 0. The number of hydrogen-bond donors (Lipinski definition) is 0. The van der Waals surface area contributed by atoms with Crippen molar-refractivity contribution < 1.29 is 4.43 Å². The largest absolute Gasteiger partial charge is 0.407 e. The second-order valence-electron chi connectivity index (χ2n) is 7.35. The summed E-state index contributed by atoms with van der Waals surface area (Å²) in [6.45, 7) is 9.28. The Morgan fingerprint density at radius 1 is 1.00 bits per heavy atom. The molecule has 0 saturated heterocycles. The molecule has 2 rings (SSSR count). The predicted octanol–water partition coefficient (Wildman–Crippen LogP) is 4.65. The molecule has 25 heavy (non-hydrogen) atoms. The highest BCUT2D eigenvalue weighted by molar-refractivity contribution is 6.99. The lowest BCUT2D eigenvalue weighted by Gasteiger charge is -2.43. The van der Waals surface area contributed by atoms with E-state index in [2.05, 4.69) is 79.3 Å². The number of azide groups is 1. The van der Waals surface area contributed by atoms with Crippen LogP contribution >= 0.6 is 0 Å². The molecule has 132 valence electrons. The Bertz CT molecular complexity index is 667. The minimum atomic E-state index is -2.47. The third-order valence-electron chi connectivity index (χ3n) is 4.52. The Morgan fingerprint density at radius 3 is 1.88 bits per heavy atom. The summed E-state index contributed by atoms with van der Waals surface area (Å²) in [7, 11) is -2.47. The summed E-state index contributed by atoms with van der Waals surface area (Å²) in [6.07, 6.45) is 0.717. The molecule has 0 aromatic heterocycles. The van der Waals surface area contributed by atoms with E-state index < -0.39 is 8.32 Å². The van der Waals surface area contributed by atoms with Crippen LogP contribution in [0.5, 0.6) is 0 Å². The summed E-state index contributed by atoms with van der Waals surface area (Å²) in [6, 6.07) is 21.1. The first-order chi connectivity index (χ1) is 11.9. The zero-order valence-corrected chi connectivity index (χ0v) is 16.5. The van der Waals surface area contributed by atoms with Crippen LogP contribution in [-0.2, 0) is 4.43 Å². The Balaban J connectivity index is 2.47. The average Bonchev–Trinajstić information content (AvgIpc) is 2.59. The fourth-order valence-electron chi connectivity index (χ4n) is 3.29. The average molecular weight is 354 g/mol. The molecule has 0 bridgehead atoms. The van der Waals surface area contributed by atoms with Gasteiger partial charge in [0.05, 0.1) is 0 Å². The van der Waals surface area contributed by atoms with Crippen molar-refractivity contribution >= 4 is 18.7 Å². The van der Waals surface area contributed by atoms with E-state index >= 15 is 0 Å². The van der Waals surface area contributed by atoms with Crippen molar-refractivity contribution in [1.82, 2.24) is 0 Å². The Kier molecular flexibility index (Phi) is 6.43. The van der Waals surface area contributed by atoms with Gasteiger partial charge < -0.3 is 4.43 Å². The summed E-state index contributed by atoms with van der Waals surface area (Å²) < 4.78 is 6.74. The van der Waals surface area contributed by atoms with Crippen molar-refractivity contribution in [2.45, 2.75) is 45.2 Å². The third-order valence-corrected chi connectivity index (χ3v) is 9.56. The Hall–Kier alpha value is -2.07. The van der Waals surface area contributed by atoms with Gasteiger partial charge in [0.2, 0.25) is 0 Å². The van der Waals surface area contributed by atoms with Crippen LogP contribution in [0, 0.1) is 0 Å². The van der Waals surface area contributed by atoms with Crippen LogP contribution in [0.4, 0.5) is 0 Å². The van der Waals surface area contributed by atoms with Gasteiger partial charge in [-0.1, -0.05) is 93.5 Å². The fraction of sp³-hybridized carbons (Fsp3) is 0.400. The van der Waals surface area contributed by atoms with Gasteiger partial charge >= 0.3 is 0 Å². The van der Waals surface area contributed by atoms with Crippen LogP contribution in [0.3, 0.4) is 0 Å². The molecule has 0 N–H and O–H groups in total. The van der Waals surface area contributed by atoms with E-state index in [1.807, 2.05) is 19.1 Å². The molecule has 0 aliphatic rings. The van der Waals surface area contributed by atoms with E-state index in [-0.39, 0.29) is 11.1 Å². The van der Waals surface area contributed by atoms with Crippen LogP contribution < -0.4 is 10.4 Å². The van der Waals surface area contributed by atoms with Gasteiger partial charge in [0.1, 0.15) is 0 Å². The molecule has 0 heterocycles. The summed E-state index contributed by atoms with van der Waals surface area (Å²) in [5.41, 5.74) is 8.61. The lowest BCUT2D eigenvalue weighted by atomic mass is 10.2. The maximum atomic E-state index is 8.61. The zero-order valence-electron chi connectivity index (χ0n) is 15.5. The highest BCUT2D eigenvalue weighted by Crippen LogP contribution is 2.36. The molecule has 0 aliphatic heterocycles. The quantitative estimate of drug-likeness (QED) is 0.309. The Morgan fingerprint density at radius 2 is 1.48 bits per heavy atom. The van der Waals surface area contributed by atoms with Gasteiger partial charge in [-0.05, 0) is 27.4 Å². The zero-order chi connectivity index (χ0) is 18.3. The molecule has 4 nitrogen and oxygen atoms in total. The second kappa shape index (κ2) is 8.34. The molecule has 1 unspecified atom stereocenters. The highest BCUT2D eigenvalue weighted by Gasteiger charge is 2.49. The molecule has 2 aromatic rings. The lowest BCUT2D eigenvalue weighted by molar-refractivity contribution is 0.283. The molecule has 0 aliphatic carbocycles. The van der Waals surface area contributed by atoms with Crippen LogP contribution in [0.15, 0.2) is 65.8 Å². The van der Waals surface area contributed by atoms with Crippen molar-refractivity contribution in [3.8, 4) is 0 Å². The van der Waals surface area contributed by atoms with Gasteiger partial charge in [-0.25, -0.2) is 0 Å². The van der Waals surface area contributed by atoms with Gasteiger partial charge in [-0.3, -0.25) is 0 Å². The van der Waals surface area contributed by atoms with Gasteiger partial charge in [0, 0.05) is 17.6 Å². The van der Waals surface area contributed by atoms with E-state index in [1.165, 1.54) is 10.4 Å². The molecule has 0 amide bonds. The maximum Gasteiger partial charge on any atom is 0.261 e. The van der Waals surface area contributed by atoms with Crippen molar-refractivity contribution in [3.63, 3.8) is 0 Å². The second-order valence-corrected chi connectivity index (χ2v) is 11.7. The normalized spacial score (nSPS) is 13.1. The molecular weight excluding hydrogens is 326 g/mol. The monoisotopic (exact) mass is 353 g/mol. The van der Waals surface area contributed by atoms with Crippen molar-refractivity contribution in [3.05, 3.63) is 71.1 Å². The van der Waals surface area contributed by atoms with E-state index in [0.29, 0.717) is 13.0 Å². The summed E-state index contributed by atoms with van der Waals surface area (Å²) in [4.78, 5) is 2.90. The molecule has 0 spiro atoms. The van der Waals surface area contributed by atoms with Gasteiger partial charge in [0.15, 0.2) is 0 Å². The fourth-order valence-corrected chi connectivity index (χ4v) is 7.87. The number of rotatable bonds is 7. The first-order valence-corrected chi connectivity index (χ1v) is 10.6. The SMILES string of the molecule is CC(CCO[Si](c1ccccc1)(c1ccccc1)C(C)(C)C)N=[N+]=[N-]. The van der Waals surface area contributed by atoms with E-state index in [9.17, 15) is 0 Å². The van der Waals surface area contributed by atoms with Crippen LogP contribution in [0.25, 0.3) is 10.4 Å². The molecule has 0 radical (unpaired) electrons. The van der Waals surface area contributed by atoms with Crippen LogP contribution in [0.2, 0.25) is 5.04 Å². The summed E-state index contributed by atoms with van der Waals surface area (Å²) in [5, 5.41) is 6.27. The number of nitrogens with zero attached hydrogens (tertiary/aromatic N) is 3. The van der Waals surface area contributed by atoms with E-state index in [1.54, 1.807) is 0 Å². The third kappa shape index (κ3) is 4.31.